The summed E-state index contributed by atoms with van der Waals surface area (Å²) in [6, 6.07) is 12.3. The first-order valence-corrected chi connectivity index (χ1v) is 5.76. The molecule has 0 atom stereocenters. The molecule has 1 nitrogen and oxygen atoms in total. The van der Waals surface area contributed by atoms with Gasteiger partial charge in [0.25, 0.3) is 0 Å². The summed E-state index contributed by atoms with van der Waals surface area (Å²) < 4.78 is 1.07. The molecule has 0 radical (unpaired) electrons. The van der Waals surface area contributed by atoms with E-state index in [2.05, 4.69) is 41.1 Å². The maximum atomic E-state index is 8.56. The van der Waals surface area contributed by atoms with Crippen molar-refractivity contribution in [2.24, 2.45) is 0 Å². The smallest absolute Gasteiger partial charge is 0.0912 e. The summed E-state index contributed by atoms with van der Waals surface area (Å²) >= 11 is 3.57. The zero-order chi connectivity index (χ0) is 11.5. The van der Waals surface area contributed by atoms with Crippen molar-refractivity contribution < 1.29 is 0 Å². The van der Waals surface area contributed by atoms with Crippen LogP contribution in [0.4, 0.5) is 0 Å². The van der Waals surface area contributed by atoms with E-state index in [-0.39, 0.29) is 0 Å². The fourth-order valence-corrected chi connectivity index (χ4v) is 2.63. The van der Waals surface area contributed by atoms with Crippen molar-refractivity contribution in [1.29, 1.82) is 5.26 Å². The number of fused-ring (bicyclic) bond motifs is 1. The average Bonchev–Trinajstić information content (AvgIpc) is 2.25. The second-order valence-corrected chi connectivity index (χ2v) is 4.51. The maximum absolute atomic E-state index is 8.56. The van der Waals surface area contributed by atoms with Gasteiger partial charge in [-0.05, 0) is 35.6 Å². The molecule has 0 aliphatic heterocycles. The van der Waals surface area contributed by atoms with Crippen LogP contribution in [0.2, 0.25) is 0 Å². The summed E-state index contributed by atoms with van der Waals surface area (Å²) in [6.07, 6.45) is 3.34. The van der Waals surface area contributed by atoms with Crippen LogP contribution in [0.5, 0.6) is 0 Å². The molecule has 0 aromatic heterocycles. The molecule has 2 rings (SSSR count). The van der Waals surface area contributed by atoms with Gasteiger partial charge in [-0.3, -0.25) is 0 Å². The number of halogens is 1. The number of hydrogen-bond acceptors (Lipinski definition) is 1. The van der Waals surface area contributed by atoms with E-state index < -0.39 is 0 Å². The molecule has 0 N–H and O–H groups in total. The van der Waals surface area contributed by atoms with E-state index in [1.165, 1.54) is 17.0 Å². The van der Waals surface area contributed by atoms with E-state index in [1.54, 1.807) is 0 Å². The second kappa shape index (κ2) is 4.51. The third-order valence-electron chi connectivity index (χ3n) is 2.44. The number of nitrogens with zero attached hydrogens (tertiary/aromatic N) is 1. The van der Waals surface area contributed by atoms with E-state index in [0.717, 1.165) is 15.4 Å². The van der Waals surface area contributed by atoms with Gasteiger partial charge in [-0.1, -0.05) is 40.2 Å². The summed E-state index contributed by atoms with van der Waals surface area (Å²) in [6.45, 7) is 2.07. The van der Waals surface area contributed by atoms with Gasteiger partial charge in [0.05, 0.1) is 6.07 Å². The Morgan fingerprint density at radius 1 is 1.31 bits per heavy atom. The first kappa shape index (κ1) is 10.9. The molecule has 0 aliphatic carbocycles. The highest BCUT2D eigenvalue weighted by molar-refractivity contribution is 9.10. The van der Waals surface area contributed by atoms with Gasteiger partial charge in [-0.25, -0.2) is 0 Å². The first-order valence-electron chi connectivity index (χ1n) is 4.97. The SMILES string of the molecule is Cc1cc(Br)c2c(/C=C/C#N)cccc2c1. The van der Waals surface area contributed by atoms with Crippen LogP contribution >= 0.6 is 15.9 Å². The van der Waals surface area contributed by atoms with Gasteiger partial charge in [0.1, 0.15) is 0 Å². The van der Waals surface area contributed by atoms with Crippen LogP contribution in [0.3, 0.4) is 0 Å². The molecule has 2 aromatic carbocycles. The van der Waals surface area contributed by atoms with Crippen LogP contribution in [0.25, 0.3) is 16.8 Å². The minimum absolute atomic E-state index is 1.06. The summed E-state index contributed by atoms with van der Waals surface area (Å²) in [5.74, 6) is 0. The zero-order valence-electron chi connectivity index (χ0n) is 8.87. The predicted molar refractivity (Wildman–Crippen MR) is 71.0 cm³/mol. The molecule has 0 aliphatic rings. The Labute approximate surface area is 103 Å². The van der Waals surface area contributed by atoms with E-state index in [4.69, 9.17) is 5.26 Å². The molecular formula is C14H10BrN. The summed E-state index contributed by atoms with van der Waals surface area (Å²) in [4.78, 5) is 0. The van der Waals surface area contributed by atoms with Crippen molar-refractivity contribution in [2.75, 3.05) is 0 Å². The largest absolute Gasteiger partial charge is 0.193 e. The lowest BCUT2D eigenvalue weighted by Crippen LogP contribution is -1.82. The highest BCUT2D eigenvalue weighted by Gasteiger charge is 2.03. The molecule has 0 saturated heterocycles. The quantitative estimate of drug-likeness (QED) is 0.704. The van der Waals surface area contributed by atoms with Crippen molar-refractivity contribution in [3.8, 4) is 6.07 Å². The summed E-state index contributed by atoms with van der Waals surface area (Å²) in [5, 5.41) is 10.9. The van der Waals surface area contributed by atoms with Crippen LogP contribution < -0.4 is 0 Å². The Morgan fingerprint density at radius 2 is 2.12 bits per heavy atom. The molecule has 0 fully saturated rings. The minimum atomic E-state index is 1.06. The fourth-order valence-electron chi connectivity index (χ4n) is 1.81. The first-order chi connectivity index (χ1) is 7.72. The summed E-state index contributed by atoms with van der Waals surface area (Å²) in [7, 11) is 0. The number of benzene rings is 2. The van der Waals surface area contributed by atoms with Crippen molar-refractivity contribution >= 4 is 32.8 Å². The lowest BCUT2D eigenvalue weighted by Gasteiger charge is -2.06. The molecule has 2 aromatic rings. The molecule has 0 unspecified atom stereocenters. The van der Waals surface area contributed by atoms with Gasteiger partial charge in [0.2, 0.25) is 0 Å². The number of aryl methyl sites for hydroxylation is 1. The normalized spacial score (nSPS) is 10.8. The van der Waals surface area contributed by atoms with Gasteiger partial charge in [0, 0.05) is 15.9 Å². The molecule has 16 heavy (non-hydrogen) atoms. The minimum Gasteiger partial charge on any atom is -0.193 e. The Hall–Kier alpha value is -1.59. The Balaban J connectivity index is 2.77. The monoisotopic (exact) mass is 271 g/mol. The van der Waals surface area contributed by atoms with Crippen molar-refractivity contribution in [3.63, 3.8) is 0 Å². The molecule has 0 bridgehead atoms. The van der Waals surface area contributed by atoms with Gasteiger partial charge in [0.15, 0.2) is 0 Å². The van der Waals surface area contributed by atoms with Gasteiger partial charge < -0.3 is 0 Å². The standard InChI is InChI=1S/C14H10BrN/c1-10-8-12-5-2-4-11(6-3-7-16)14(12)13(15)9-10/h2-6,8-9H,1H3/b6-3+. The molecule has 0 saturated carbocycles. The van der Waals surface area contributed by atoms with Crippen molar-refractivity contribution in [1.82, 2.24) is 0 Å². The fraction of sp³-hybridized carbons (Fsp3) is 0.0714. The van der Waals surface area contributed by atoms with Crippen molar-refractivity contribution in [2.45, 2.75) is 6.92 Å². The number of hydrogen-bond donors (Lipinski definition) is 0. The van der Waals surface area contributed by atoms with E-state index >= 15 is 0 Å². The highest BCUT2D eigenvalue weighted by atomic mass is 79.9. The predicted octanol–water partition coefficient (Wildman–Crippen LogP) is 4.45. The van der Waals surface area contributed by atoms with Gasteiger partial charge in [-0.15, -0.1) is 0 Å². The van der Waals surface area contributed by atoms with Crippen LogP contribution in [-0.4, -0.2) is 0 Å². The van der Waals surface area contributed by atoms with Crippen LogP contribution in [0.15, 0.2) is 40.9 Å². The molecular weight excluding hydrogens is 262 g/mol. The van der Waals surface area contributed by atoms with Crippen LogP contribution in [0, 0.1) is 18.3 Å². The van der Waals surface area contributed by atoms with Gasteiger partial charge in [-0.2, -0.15) is 5.26 Å². The number of allylic oxidation sites excluding steroid dienone is 1. The second-order valence-electron chi connectivity index (χ2n) is 3.65. The molecule has 0 amide bonds. The molecule has 2 heteroatoms. The van der Waals surface area contributed by atoms with Gasteiger partial charge >= 0.3 is 0 Å². The summed E-state index contributed by atoms with van der Waals surface area (Å²) in [5.41, 5.74) is 2.28. The van der Waals surface area contributed by atoms with Crippen molar-refractivity contribution in [3.05, 3.63) is 52.0 Å². The lowest BCUT2D eigenvalue weighted by molar-refractivity contribution is 1.49. The molecule has 0 heterocycles. The Bertz CT molecular complexity index is 606. The topological polar surface area (TPSA) is 23.8 Å². The van der Waals surface area contributed by atoms with E-state index in [9.17, 15) is 0 Å². The third kappa shape index (κ3) is 2.00. The highest BCUT2D eigenvalue weighted by Crippen LogP contribution is 2.29. The lowest BCUT2D eigenvalue weighted by atomic mass is 10.0. The van der Waals surface area contributed by atoms with Crippen LogP contribution in [0.1, 0.15) is 11.1 Å². The number of nitriles is 1. The van der Waals surface area contributed by atoms with E-state index in [1.807, 2.05) is 24.3 Å². The third-order valence-corrected chi connectivity index (χ3v) is 3.07. The Kier molecular flexibility index (Phi) is 3.07. The van der Waals surface area contributed by atoms with E-state index in [0.29, 0.717) is 0 Å². The average molecular weight is 272 g/mol. The maximum Gasteiger partial charge on any atom is 0.0912 e. The molecule has 0 spiro atoms. The Morgan fingerprint density at radius 3 is 2.88 bits per heavy atom. The molecule has 78 valence electrons. The zero-order valence-corrected chi connectivity index (χ0v) is 10.5. The van der Waals surface area contributed by atoms with Crippen LogP contribution in [-0.2, 0) is 0 Å². The number of rotatable bonds is 1.